The number of amides is 1. The third-order valence-corrected chi connectivity index (χ3v) is 5.29. The molecule has 0 spiro atoms. The number of hydrogen-bond acceptors (Lipinski definition) is 5. The van der Waals surface area contributed by atoms with Crippen molar-refractivity contribution in [2.75, 3.05) is 12.4 Å². The number of carboxylic acid groups (broad SMARTS) is 1. The van der Waals surface area contributed by atoms with Gasteiger partial charge in [0.2, 0.25) is 5.91 Å². The quantitative estimate of drug-likeness (QED) is 0.410. The zero-order valence-electron chi connectivity index (χ0n) is 18.4. The molecule has 0 aliphatic carbocycles. The highest BCUT2D eigenvalue weighted by Crippen LogP contribution is 2.22. The molecular weight excluding hydrogens is 440 g/mol. The van der Waals surface area contributed by atoms with Gasteiger partial charge in [0.05, 0.1) is 37.2 Å². The van der Waals surface area contributed by atoms with Gasteiger partial charge in [0.1, 0.15) is 0 Å². The van der Waals surface area contributed by atoms with Crippen molar-refractivity contribution in [3.05, 3.63) is 46.8 Å². The highest BCUT2D eigenvalue weighted by Gasteiger charge is 2.22. The minimum atomic E-state index is -1.55. The minimum Gasteiger partial charge on any atom is -0.478 e. The number of carboxylic acids is 1. The van der Waals surface area contributed by atoms with Crippen LogP contribution >= 0.6 is 12.6 Å². The summed E-state index contributed by atoms with van der Waals surface area (Å²) in [6.45, 7) is 6.31. The zero-order chi connectivity index (χ0) is 23.8. The lowest BCUT2D eigenvalue weighted by Crippen LogP contribution is -2.32. The Morgan fingerprint density at radius 2 is 2.00 bits per heavy atom. The van der Waals surface area contributed by atoms with Gasteiger partial charge in [0.15, 0.2) is 11.6 Å². The standard InChI is InChI=1S/C22H29F2N3O4S/c1-4-7-31-22-26-10-16(9-25-20(28)15(12-32)8-13(2)3)27(22)11-14-5-6-17(21(29)30)19(24)18(14)23/h5-6,10,13,15,32H,4,7-9,11-12H2,1-3H3,(H,25,28)(H,29,30). The maximum Gasteiger partial charge on any atom is 0.338 e. The van der Waals surface area contributed by atoms with E-state index in [2.05, 4.69) is 22.9 Å². The number of thiol groups is 1. The molecule has 7 nitrogen and oxygen atoms in total. The Morgan fingerprint density at radius 1 is 1.28 bits per heavy atom. The number of imidazole rings is 1. The van der Waals surface area contributed by atoms with Crippen LogP contribution in [0.1, 0.15) is 55.2 Å². The predicted molar refractivity (Wildman–Crippen MR) is 119 cm³/mol. The van der Waals surface area contributed by atoms with Crippen LogP contribution in [-0.2, 0) is 17.9 Å². The monoisotopic (exact) mass is 469 g/mol. The van der Waals surface area contributed by atoms with E-state index in [1.165, 1.54) is 16.8 Å². The zero-order valence-corrected chi connectivity index (χ0v) is 19.3. The van der Waals surface area contributed by atoms with E-state index in [4.69, 9.17) is 9.84 Å². The molecule has 1 aromatic heterocycles. The second-order valence-corrected chi connectivity index (χ2v) is 8.26. The Kier molecular flexibility index (Phi) is 9.49. The van der Waals surface area contributed by atoms with Crippen molar-refractivity contribution in [1.82, 2.24) is 14.9 Å². The van der Waals surface area contributed by atoms with E-state index in [-0.39, 0.29) is 36.5 Å². The Morgan fingerprint density at radius 3 is 2.59 bits per heavy atom. The van der Waals surface area contributed by atoms with Crippen LogP contribution in [0.4, 0.5) is 8.78 Å². The van der Waals surface area contributed by atoms with E-state index in [0.717, 1.165) is 6.07 Å². The first kappa shape index (κ1) is 25.6. The molecule has 0 aliphatic rings. The molecule has 1 amide bonds. The first-order valence-corrected chi connectivity index (χ1v) is 11.1. The number of nitrogens with one attached hydrogen (secondary N) is 1. The van der Waals surface area contributed by atoms with E-state index in [0.29, 0.717) is 36.8 Å². The Balaban J connectivity index is 2.28. The lowest BCUT2D eigenvalue weighted by atomic mass is 9.98. The molecule has 1 heterocycles. The van der Waals surface area contributed by atoms with Crippen LogP contribution in [0.15, 0.2) is 18.3 Å². The fraction of sp³-hybridized carbons (Fsp3) is 0.500. The van der Waals surface area contributed by atoms with Crippen LogP contribution in [0.5, 0.6) is 6.01 Å². The number of ether oxygens (including phenoxy) is 1. The van der Waals surface area contributed by atoms with Crippen LogP contribution in [0.3, 0.4) is 0 Å². The molecule has 2 N–H and O–H groups in total. The molecule has 1 atom stereocenters. The Labute approximate surface area is 191 Å². The van der Waals surface area contributed by atoms with Crippen LogP contribution < -0.4 is 10.1 Å². The number of benzene rings is 1. The van der Waals surface area contributed by atoms with Gasteiger partial charge in [-0.15, -0.1) is 0 Å². The topological polar surface area (TPSA) is 93.5 Å². The molecule has 0 saturated carbocycles. The molecule has 0 aliphatic heterocycles. The third-order valence-electron chi connectivity index (χ3n) is 4.85. The lowest BCUT2D eigenvalue weighted by Gasteiger charge is -2.17. The molecule has 176 valence electrons. The van der Waals surface area contributed by atoms with Gasteiger partial charge in [-0.3, -0.25) is 9.36 Å². The maximum absolute atomic E-state index is 14.5. The summed E-state index contributed by atoms with van der Waals surface area (Å²) in [4.78, 5) is 27.8. The third kappa shape index (κ3) is 6.44. The van der Waals surface area contributed by atoms with Crippen molar-refractivity contribution in [3.63, 3.8) is 0 Å². The summed E-state index contributed by atoms with van der Waals surface area (Å²) in [6, 6.07) is 2.43. The first-order valence-electron chi connectivity index (χ1n) is 10.4. The summed E-state index contributed by atoms with van der Waals surface area (Å²) in [5, 5.41) is 11.8. The molecule has 2 aromatic rings. The van der Waals surface area contributed by atoms with Gasteiger partial charge in [0.25, 0.3) is 6.01 Å². The minimum absolute atomic E-state index is 0.0625. The van der Waals surface area contributed by atoms with E-state index in [9.17, 15) is 18.4 Å². The highest BCUT2D eigenvalue weighted by molar-refractivity contribution is 7.80. The average molecular weight is 470 g/mol. The molecule has 32 heavy (non-hydrogen) atoms. The number of nitrogens with zero attached hydrogens (tertiary/aromatic N) is 2. The van der Waals surface area contributed by atoms with Crippen LogP contribution in [-0.4, -0.2) is 38.9 Å². The number of aromatic carboxylic acids is 1. The Hall–Kier alpha value is -2.62. The second-order valence-electron chi connectivity index (χ2n) is 7.90. The van der Waals surface area contributed by atoms with Crippen molar-refractivity contribution in [1.29, 1.82) is 0 Å². The number of carbonyl (C=O) groups is 2. The molecule has 1 unspecified atom stereocenters. The van der Waals surface area contributed by atoms with Crippen molar-refractivity contribution in [2.24, 2.45) is 11.8 Å². The van der Waals surface area contributed by atoms with Crippen molar-refractivity contribution < 1.29 is 28.2 Å². The summed E-state index contributed by atoms with van der Waals surface area (Å²) in [7, 11) is 0. The summed E-state index contributed by atoms with van der Waals surface area (Å²) in [5.74, 6) is -3.88. The van der Waals surface area contributed by atoms with Crippen LogP contribution in [0.2, 0.25) is 0 Å². The summed E-state index contributed by atoms with van der Waals surface area (Å²) in [6.07, 6.45) is 2.91. The fourth-order valence-corrected chi connectivity index (χ4v) is 3.53. The SMILES string of the molecule is CCCOc1ncc(CNC(=O)C(CS)CC(C)C)n1Cc1ccc(C(=O)O)c(F)c1F. The van der Waals surface area contributed by atoms with Gasteiger partial charge < -0.3 is 15.2 Å². The molecule has 0 bridgehead atoms. The van der Waals surface area contributed by atoms with Gasteiger partial charge in [-0.1, -0.05) is 26.8 Å². The largest absolute Gasteiger partial charge is 0.478 e. The van der Waals surface area contributed by atoms with E-state index in [1.807, 2.05) is 20.8 Å². The number of aromatic nitrogens is 2. The van der Waals surface area contributed by atoms with Crippen molar-refractivity contribution >= 4 is 24.5 Å². The van der Waals surface area contributed by atoms with Gasteiger partial charge in [0, 0.05) is 17.2 Å². The molecule has 0 radical (unpaired) electrons. The molecule has 0 fully saturated rings. The number of hydrogen-bond donors (Lipinski definition) is 3. The summed E-state index contributed by atoms with van der Waals surface area (Å²) in [5.41, 5.74) is -0.267. The first-order chi connectivity index (χ1) is 15.2. The fourth-order valence-electron chi connectivity index (χ4n) is 3.21. The molecular formula is C22H29F2N3O4S. The molecule has 1 aromatic carbocycles. The highest BCUT2D eigenvalue weighted by atomic mass is 32.1. The second kappa shape index (κ2) is 11.8. The molecule has 10 heteroatoms. The average Bonchev–Trinajstić information content (AvgIpc) is 3.12. The van der Waals surface area contributed by atoms with Gasteiger partial charge in [-0.25, -0.2) is 18.6 Å². The maximum atomic E-state index is 14.5. The van der Waals surface area contributed by atoms with E-state index < -0.39 is 23.2 Å². The predicted octanol–water partition coefficient (Wildman–Crippen LogP) is 3.90. The smallest absolute Gasteiger partial charge is 0.338 e. The van der Waals surface area contributed by atoms with Gasteiger partial charge in [-0.05, 0) is 24.8 Å². The molecule has 2 rings (SSSR count). The van der Waals surface area contributed by atoms with Crippen molar-refractivity contribution in [3.8, 4) is 6.01 Å². The number of rotatable bonds is 12. The summed E-state index contributed by atoms with van der Waals surface area (Å²) < 4.78 is 35.8. The van der Waals surface area contributed by atoms with Crippen LogP contribution in [0.25, 0.3) is 0 Å². The van der Waals surface area contributed by atoms with E-state index >= 15 is 0 Å². The van der Waals surface area contributed by atoms with Gasteiger partial charge >= 0.3 is 5.97 Å². The van der Waals surface area contributed by atoms with Crippen molar-refractivity contribution in [2.45, 2.75) is 46.7 Å². The van der Waals surface area contributed by atoms with Crippen LogP contribution in [0, 0.1) is 23.5 Å². The van der Waals surface area contributed by atoms with Gasteiger partial charge in [-0.2, -0.15) is 12.6 Å². The number of carbonyl (C=O) groups excluding carboxylic acids is 1. The Bertz CT molecular complexity index is 949. The lowest BCUT2D eigenvalue weighted by molar-refractivity contribution is -0.124. The summed E-state index contributed by atoms with van der Waals surface area (Å²) >= 11 is 4.26. The molecule has 0 saturated heterocycles. The van der Waals surface area contributed by atoms with E-state index in [1.54, 1.807) is 0 Å². The number of halogens is 2. The normalized spacial score (nSPS) is 12.1.